The molecule has 5 nitrogen and oxygen atoms in total. The Morgan fingerprint density at radius 3 is 2.54 bits per heavy atom. The lowest BCUT2D eigenvalue weighted by Crippen LogP contribution is -2.18. The van der Waals surface area contributed by atoms with Crippen molar-refractivity contribution in [1.29, 1.82) is 5.26 Å². The zero-order valence-electron chi connectivity index (χ0n) is 14.4. The zero-order valence-corrected chi connectivity index (χ0v) is 14.4. The lowest BCUT2D eigenvalue weighted by atomic mass is 10.1. The highest BCUT2D eigenvalue weighted by Crippen LogP contribution is 2.25. The highest BCUT2D eigenvalue weighted by atomic mass is 16.1. The van der Waals surface area contributed by atoms with Crippen molar-refractivity contribution >= 4 is 23.0 Å². The van der Waals surface area contributed by atoms with Crippen LogP contribution in [0.5, 0.6) is 0 Å². The van der Waals surface area contributed by atoms with Gasteiger partial charge in [0.15, 0.2) is 0 Å². The molecule has 0 fully saturated rings. The van der Waals surface area contributed by atoms with Crippen LogP contribution in [0.4, 0.5) is 17.1 Å². The van der Waals surface area contributed by atoms with Gasteiger partial charge in [-0.25, -0.2) is 0 Å². The number of amides is 1. The molecular weight excluding hydrogens is 324 g/mol. The van der Waals surface area contributed by atoms with E-state index in [1.165, 1.54) is 6.20 Å². The summed E-state index contributed by atoms with van der Waals surface area (Å²) >= 11 is 0. The minimum Gasteiger partial charge on any atom is -0.340 e. The summed E-state index contributed by atoms with van der Waals surface area (Å²) in [6, 6.07) is 20.7. The molecule has 3 aromatic rings. The molecule has 1 aromatic heterocycles. The Labute approximate surface area is 152 Å². The van der Waals surface area contributed by atoms with Crippen molar-refractivity contribution in [3.05, 3.63) is 84.2 Å². The topological polar surface area (TPSA) is 69.0 Å². The average molecular weight is 342 g/mol. The SMILES string of the molecule is CCN(c1ccccc1)c1cncc(C(=O)Nc2ccccc2C#N)c1. The summed E-state index contributed by atoms with van der Waals surface area (Å²) in [6.45, 7) is 2.79. The van der Waals surface area contributed by atoms with Gasteiger partial charge in [-0.3, -0.25) is 9.78 Å². The van der Waals surface area contributed by atoms with Crippen LogP contribution in [-0.2, 0) is 0 Å². The van der Waals surface area contributed by atoms with E-state index < -0.39 is 0 Å². The Morgan fingerprint density at radius 2 is 1.81 bits per heavy atom. The van der Waals surface area contributed by atoms with E-state index in [0.29, 0.717) is 16.8 Å². The van der Waals surface area contributed by atoms with E-state index in [-0.39, 0.29) is 5.91 Å². The second-order valence-electron chi connectivity index (χ2n) is 5.62. The van der Waals surface area contributed by atoms with E-state index in [4.69, 9.17) is 5.26 Å². The predicted octanol–water partition coefficient (Wildman–Crippen LogP) is 4.36. The van der Waals surface area contributed by atoms with E-state index in [0.717, 1.165) is 17.9 Å². The van der Waals surface area contributed by atoms with Crippen LogP contribution >= 0.6 is 0 Å². The van der Waals surface area contributed by atoms with Gasteiger partial charge in [-0.1, -0.05) is 30.3 Å². The van der Waals surface area contributed by atoms with Crippen LogP contribution in [0.25, 0.3) is 0 Å². The number of hydrogen-bond acceptors (Lipinski definition) is 4. The van der Waals surface area contributed by atoms with Gasteiger partial charge in [0, 0.05) is 18.4 Å². The first-order valence-corrected chi connectivity index (χ1v) is 8.31. The summed E-state index contributed by atoms with van der Waals surface area (Å²) in [5.74, 6) is -0.300. The fourth-order valence-electron chi connectivity index (χ4n) is 2.71. The summed E-state index contributed by atoms with van der Waals surface area (Å²) in [6.07, 6.45) is 3.25. The number of carbonyl (C=O) groups excluding carboxylic acids is 1. The third-order valence-corrected chi connectivity index (χ3v) is 3.98. The van der Waals surface area contributed by atoms with Crippen LogP contribution in [-0.4, -0.2) is 17.4 Å². The van der Waals surface area contributed by atoms with E-state index >= 15 is 0 Å². The number of para-hydroxylation sites is 2. The molecule has 5 heteroatoms. The second kappa shape index (κ2) is 7.95. The molecule has 128 valence electrons. The molecule has 0 bridgehead atoms. The predicted molar refractivity (Wildman–Crippen MR) is 102 cm³/mol. The number of pyridine rings is 1. The van der Waals surface area contributed by atoms with Gasteiger partial charge < -0.3 is 10.2 Å². The second-order valence-corrected chi connectivity index (χ2v) is 5.62. The van der Waals surface area contributed by atoms with Crippen LogP contribution in [0.3, 0.4) is 0 Å². The molecule has 0 aliphatic heterocycles. The normalized spacial score (nSPS) is 10.0. The van der Waals surface area contributed by atoms with Crippen molar-refractivity contribution in [1.82, 2.24) is 4.98 Å². The molecule has 0 unspecified atom stereocenters. The Kier molecular flexibility index (Phi) is 5.25. The van der Waals surface area contributed by atoms with Gasteiger partial charge in [0.1, 0.15) is 6.07 Å². The largest absolute Gasteiger partial charge is 0.340 e. The first-order valence-electron chi connectivity index (χ1n) is 8.31. The number of rotatable bonds is 5. The molecule has 2 aromatic carbocycles. The van der Waals surface area contributed by atoms with Gasteiger partial charge in [-0.2, -0.15) is 5.26 Å². The minimum atomic E-state index is -0.300. The number of anilines is 3. The molecule has 0 aliphatic carbocycles. The molecule has 26 heavy (non-hydrogen) atoms. The summed E-state index contributed by atoms with van der Waals surface area (Å²) < 4.78 is 0. The molecule has 0 saturated carbocycles. The average Bonchev–Trinajstić information content (AvgIpc) is 2.70. The fourth-order valence-corrected chi connectivity index (χ4v) is 2.71. The summed E-state index contributed by atoms with van der Waals surface area (Å²) in [4.78, 5) is 18.9. The van der Waals surface area contributed by atoms with Crippen LogP contribution in [0.2, 0.25) is 0 Å². The molecule has 0 spiro atoms. The Hall–Kier alpha value is -3.65. The third kappa shape index (κ3) is 3.70. The quantitative estimate of drug-likeness (QED) is 0.748. The van der Waals surface area contributed by atoms with E-state index in [1.807, 2.05) is 37.3 Å². The van der Waals surface area contributed by atoms with E-state index in [9.17, 15) is 4.79 Å². The third-order valence-electron chi connectivity index (χ3n) is 3.98. The number of nitrogens with zero attached hydrogens (tertiary/aromatic N) is 3. The molecule has 1 N–H and O–H groups in total. The van der Waals surface area contributed by atoms with Crippen molar-refractivity contribution in [2.75, 3.05) is 16.8 Å². The standard InChI is InChI=1S/C21H18N4O/c1-2-25(18-9-4-3-5-10-18)19-12-17(14-23-15-19)21(26)24-20-11-7-6-8-16(20)13-22/h3-12,14-15H,2H2,1H3,(H,24,26). The lowest BCUT2D eigenvalue weighted by molar-refractivity contribution is 0.102. The zero-order chi connectivity index (χ0) is 18.4. The summed E-state index contributed by atoms with van der Waals surface area (Å²) in [5, 5.41) is 11.9. The smallest absolute Gasteiger partial charge is 0.257 e. The van der Waals surface area contributed by atoms with Crippen LogP contribution in [0.1, 0.15) is 22.8 Å². The number of aromatic nitrogens is 1. The number of nitrogens with one attached hydrogen (secondary N) is 1. The molecule has 0 atom stereocenters. The van der Waals surface area contributed by atoms with Crippen molar-refractivity contribution in [2.45, 2.75) is 6.92 Å². The van der Waals surface area contributed by atoms with Gasteiger partial charge in [0.2, 0.25) is 0 Å². The maximum absolute atomic E-state index is 12.6. The number of hydrogen-bond donors (Lipinski definition) is 1. The highest BCUT2D eigenvalue weighted by Gasteiger charge is 2.13. The van der Waals surface area contributed by atoms with Crippen molar-refractivity contribution in [3.8, 4) is 6.07 Å². The van der Waals surface area contributed by atoms with Crippen molar-refractivity contribution in [3.63, 3.8) is 0 Å². The Morgan fingerprint density at radius 1 is 1.08 bits per heavy atom. The van der Waals surface area contributed by atoms with Gasteiger partial charge in [0.25, 0.3) is 5.91 Å². The molecule has 1 heterocycles. The number of carbonyl (C=O) groups is 1. The molecule has 0 saturated heterocycles. The van der Waals surface area contributed by atoms with Gasteiger partial charge in [-0.05, 0) is 37.3 Å². The molecular formula is C21H18N4O. The van der Waals surface area contributed by atoms with E-state index in [1.54, 1.807) is 36.5 Å². The summed E-state index contributed by atoms with van der Waals surface area (Å²) in [7, 11) is 0. The molecule has 1 amide bonds. The van der Waals surface area contributed by atoms with Gasteiger partial charge in [-0.15, -0.1) is 0 Å². The first kappa shape index (κ1) is 17.2. The molecule has 0 radical (unpaired) electrons. The number of nitriles is 1. The summed E-state index contributed by atoms with van der Waals surface area (Å²) in [5.41, 5.74) is 3.21. The van der Waals surface area contributed by atoms with Crippen LogP contribution in [0, 0.1) is 11.3 Å². The van der Waals surface area contributed by atoms with Gasteiger partial charge in [0.05, 0.1) is 28.7 Å². The maximum atomic E-state index is 12.6. The number of benzene rings is 2. The monoisotopic (exact) mass is 342 g/mol. The first-order chi connectivity index (χ1) is 12.7. The molecule has 0 aliphatic rings. The fraction of sp³-hybridized carbons (Fsp3) is 0.0952. The minimum absolute atomic E-state index is 0.300. The Balaban J connectivity index is 1.87. The van der Waals surface area contributed by atoms with Gasteiger partial charge >= 0.3 is 0 Å². The molecule has 3 rings (SSSR count). The van der Waals surface area contributed by atoms with Crippen molar-refractivity contribution < 1.29 is 4.79 Å². The van der Waals surface area contributed by atoms with E-state index in [2.05, 4.69) is 21.3 Å². The lowest BCUT2D eigenvalue weighted by Gasteiger charge is -2.23. The van der Waals surface area contributed by atoms with Crippen LogP contribution in [0.15, 0.2) is 73.1 Å². The maximum Gasteiger partial charge on any atom is 0.257 e. The Bertz CT molecular complexity index is 947. The highest BCUT2D eigenvalue weighted by molar-refractivity contribution is 6.05. The van der Waals surface area contributed by atoms with Crippen molar-refractivity contribution in [2.24, 2.45) is 0 Å². The van der Waals surface area contributed by atoms with Crippen LogP contribution < -0.4 is 10.2 Å².